The van der Waals surface area contributed by atoms with Crippen LogP contribution >= 0.6 is 0 Å². The number of carbonyl (C=O) groups excluding carboxylic acids is 1. The molecule has 0 spiro atoms. The lowest BCUT2D eigenvalue weighted by Crippen LogP contribution is -2.45. The second kappa shape index (κ2) is 30.2. The van der Waals surface area contributed by atoms with Gasteiger partial charge < -0.3 is 20.9 Å². The molecule has 260 valence electrons. The molecule has 2 amide bonds. The molecule has 0 aromatic carbocycles. The normalized spacial score (nSPS) is 13.4. The van der Waals surface area contributed by atoms with Gasteiger partial charge in [0, 0.05) is 39.3 Å². The molecule has 0 heterocycles. The third-order valence-corrected chi connectivity index (χ3v) is 9.26. The van der Waals surface area contributed by atoms with E-state index < -0.39 is 0 Å². The monoisotopic (exact) mass is 620 g/mol. The average molecular weight is 620 g/mol. The average Bonchev–Trinajstić information content (AvgIpc) is 3.86. The minimum Gasteiger partial charge on any atom is -0.370 e. The molecule has 0 aromatic rings. The Labute approximate surface area is 275 Å². The van der Waals surface area contributed by atoms with E-state index in [0.717, 1.165) is 77.3 Å². The molecule has 0 radical (unpaired) electrons. The molecule has 0 aliphatic heterocycles. The van der Waals surface area contributed by atoms with Crippen LogP contribution < -0.4 is 11.1 Å². The third-order valence-electron chi connectivity index (χ3n) is 9.26. The van der Waals surface area contributed by atoms with Gasteiger partial charge in [0.2, 0.25) is 0 Å². The van der Waals surface area contributed by atoms with Gasteiger partial charge in [-0.15, -0.1) is 0 Å². The minimum atomic E-state index is 0.327. The number of hydrogen-bond donors (Lipinski definition) is 2. The first-order valence-corrected chi connectivity index (χ1v) is 19.7. The molecule has 0 aromatic heterocycles. The summed E-state index contributed by atoms with van der Waals surface area (Å²) in [5.74, 6) is 1.41. The Morgan fingerprint density at radius 2 is 0.909 bits per heavy atom. The van der Waals surface area contributed by atoms with Crippen LogP contribution in [-0.4, -0.2) is 61.1 Å². The Kier molecular flexibility index (Phi) is 27.8. The van der Waals surface area contributed by atoms with Crippen LogP contribution in [0, 0.1) is 5.92 Å². The maximum Gasteiger partial charge on any atom is 0.319 e. The third kappa shape index (κ3) is 24.8. The molecule has 1 aliphatic carbocycles. The van der Waals surface area contributed by atoms with Crippen LogP contribution in [0.2, 0.25) is 0 Å². The lowest BCUT2D eigenvalue weighted by molar-refractivity contribution is 0.148. The molecule has 6 heteroatoms. The molecule has 0 atom stereocenters. The summed E-state index contributed by atoms with van der Waals surface area (Å²) in [7, 11) is 0. The SMILES string of the molecule is CCCCCCCCN(CCCCCCCC)C(=O)N(CCCCCCCC)CCCCCCCCNC(N)=NCC1CC1. The smallest absolute Gasteiger partial charge is 0.319 e. The second-order valence-corrected chi connectivity index (χ2v) is 13.8. The summed E-state index contributed by atoms with van der Waals surface area (Å²) in [6.45, 7) is 12.4. The first kappa shape index (κ1) is 40.6. The number of nitrogens with two attached hydrogens (primary N) is 1. The lowest BCUT2D eigenvalue weighted by atomic mass is 10.1. The van der Waals surface area contributed by atoms with Crippen molar-refractivity contribution in [1.29, 1.82) is 0 Å². The van der Waals surface area contributed by atoms with Crippen LogP contribution in [0.15, 0.2) is 4.99 Å². The van der Waals surface area contributed by atoms with E-state index >= 15 is 0 Å². The number of carbonyl (C=O) groups is 1. The van der Waals surface area contributed by atoms with E-state index in [2.05, 4.69) is 40.9 Å². The van der Waals surface area contributed by atoms with Gasteiger partial charge in [-0.1, -0.05) is 143 Å². The Morgan fingerprint density at radius 3 is 1.27 bits per heavy atom. The van der Waals surface area contributed by atoms with Crippen LogP contribution in [0.4, 0.5) is 4.79 Å². The van der Waals surface area contributed by atoms with Gasteiger partial charge in [-0.05, 0) is 50.9 Å². The largest absolute Gasteiger partial charge is 0.370 e. The fourth-order valence-corrected chi connectivity index (χ4v) is 5.99. The molecule has 0 bridgehead atoms. The number of hydrogen-bond acceptors (Lipinski definition) is 2. The van der Waals surface area contributed by atoms with E-state index in [1.54, 1.807) is 0 Å². The lowest BCUT2D eigenvalue weighted by Gasteiger charge is -2.31. The quantitative estimate of drug-likeness (QED) is 0.0447. The Hall–Kier alpha value is -1.46. The van der Waals surface area contributed by atoms with Gasteiger partial charge in [0.25, 0.3) is 0 Å². The zero-order chi connectivity index (χ0) is 31.9. The highest BCUT2D eigenvalue weighted by atomic mass is 16.2. The van der Waals surface area contributed by atoms with Gasteiger partial charge in [-0.25, -0.2) is 4.79 Å². The van der Waals surface area contributed by atoms with E-state index in [-0.39, 0.29) is 0 Å². The molecular formula is C38H77N5O. The zero-order valence-electron chi connectivity index (χ0n) is 30.0. The van der Waals surface area contributed by atoms with Gasteiger partial charge in [0.15, 0.2) is 5.96 Å². The predicted molar refractivity (Wildman–Crippen MR) is 194 cm³/mol. The number of guanidine groups is 1. The number of nitrogens with zero attached hydrogens (tertiary/aromatic N) is 3. The zero-order valence-corrected chi connectivity index (χ0v) is 30.0. The molecular weight excluding hydrogens is 542 g/mol. The highest BCUT2D eigenvalue weighted by molar-refractivity contribution is 5.77. The highest BCUT2D eigenvalue weighted by Crippen LogP contribution is 2.28. The fraction of sp³-hybridized carbons (Fsp3) is 0.947. The van der Waals surface area contributed by atoms with Crippen LogP contribution in [-0.2, 0) is 0 Å². The van der Waals surface area contributed by atoms with E-state index in [1.165, 1.54) is 135 Å². The first-order valence-electron chi connectivity index (χ1n) is 19.7. The van der Waals surface area contributed by atoms with Crippen molar-refractivity contribution >= 4 is 12.0 Å². The van der Waals surface area contributed by atoms with E-state index in [0.29, 0.717) is 12.0 Å². The van der Waals surface area contributed by atoms with Crippen molar-refractivity contribution < 1.29 is 4.79 Å². The highest BCUT2D eigenvalue weighted by Gasteiger charge is 2.21. The summed E-state index contributed by atoms with van der Waals surface area (Å²) in [6.07, 6.45) is 32.9. The van der Waals surface area contributed by atoms with Crippen LogP contribution in [0.1, 0.15) is 188 Å². The number of nitrogens with one attached hydrogen (secondary N) is 1. The maximum absolute atomic E-state index is 13.9. The Bertz CT molecular complexity index is 650. The van der Waals surface area contributed by atoms with E-state index in [4.69, 9.17) is 5.73 Å². The Balaban J connectivity index is 2.48. The van der Waals surface area contributed by atoms with E-state index in [9.17, 15) is 4.79 Å². The number of aliphatic imine (C=N–C) groups is 1. The predicted octanol–water partition coefficient (Wildman–Crippen LogP) is 10.4. The standard InChI is InChI=1S/C38H77N5O/c1-4-7-10-13-19-24-31-42(32-25-20-14-11-8-5-2)38(44)43(33-26-21-15-12-9-6-3)34-27-22-17-16-18-23-30-40-37(39)41-35-36-28-29-36/h36H,4-35H2,1-3H3,(H3,39,40,41). The van der Waals surface area contributed by atoms with Crippen molar-refractivity contribution in [3.05, 3.63) is 0 Å². The van der Waals surface area contributed by atoms with Crippen molar-refractivity contribution in [3.63, 3.8) is 0 Å². The second-order valence-electron chi connectivity index (χ2n) is 13.8. The summed E-state index contributed by atoms with van der Waals surface area (Å²) in [6, 6.07) is 0.327. The number of unbranched alkanes of at least 4 members (excludes halogenated alkanes) is 20. The molecule has 3 N–H and O–H groups in total. The van der Waals surface area contributed by atoms with Gasteiger partial charge in [-0.3, -0.25) is 4.99 Å². The van der Waals surface area contributed by atoms with Gasteiger partial charge in [-0.2, -0.15) is 0 Å². The molecule has 1 rings (SSSR count). The number of amides is 2. The molecule has 1 saturated carbocycles. The minimum absolute atomic E-state index is 0.327. The molecule has 1 fully saturated rings. The van der Waals surface area contributed by atoms with Crippen molar-refractivity contribution in [2.45, 2.75) is 188 Å². The van der Waals surface area contributed by atoms with Crippen molar-refractivity contribution in [2.75, 3.05) is 39.3 Å². The van der Waals surface area contributed by atoms with Crippen molar-refractivity contribution in [1.82, 2.24) is 15.1 Å². The Morgan fingerprint density at radius 1 is 0.568 bits per heavy atom. The molecule has 6 nitrogen and oxygen atoms in total. The van der Waals surface area contributed by atoms with Gasteiger partial charge >= 0.3 is 6.03 Å². The van der Waals surface area contributed by atoms with Gasteiger partial charge in [0.05, 0.1) is 0 Å². The summed E-state index contributed by atoms with van der Waals surface area (Å²) < 4.78 is 0. The van der Waals surface area contributed by atoms with Crippen LogP contribution in [0.3, 0.4) is 0 Å². The summed E-state index contributed by atoms with van der Waals surface area (Å²) in [5, 5.41) is 3.27. The molecule has 0 unspecified atom stereocenters. The maximum atomic E-state index is 13.9. The van der Waals surface area contributed by atoms with Crippen LogP contribution in [0.25, 0.3) is 0 Å². The summed E-state index contributed by atoms with van der Waals surface area (Å²) in [4.78, 5) is 22.9. The number of rotatable bonds is 32. The molecule has 0 saturated heterocycles. The van der Waals surface area contributed by atoms with Crippen LogP contribution in [0.5, 0.6) is 0 Å². The van der Waals surface area contributed by atoms with E-state index in [1.807, 2.05) is 0 Å². The fourth-order valence-electron chi connectivity index (χ4n) is 5.99. The summed E-state index contributed by atoms with van der Waals surface area (Å²) >= 11 is 0. The number of urea groups is 1. The molecule has 1 aliphatic rings. The topological polar surface area (TPSA) is 74.0 Å². The summed E-state index contributed by atoms with van der Waals surface area (Å²) in [5.41, 5.74) is 5.97. The van der Waals surface area contributed by atoms with Crippen molar-refractivity contribution in [3.8, 4) is 0 Å². The van der Waals surface area contributed by atoms with Crippen molar-refractivity contribution in [2.24, 2.45) is 16.6 Å². The van der Waals surface area contributed by atoms with Gasteiger partial charge in [0.1, 0.15) is 0 Å². The molecule has 44 heavy (non-hydrogen) atoms. The first-order chi connectivity index (χ1) is 21.6.